The van der Waals surface area contributed by atoms with Crippen molar-refractivity contribution in [2.45, 2.75) is 42.7 Å². The van der Waals surface area contributed by atoms with Crippen LogP contribution in [0.1, 0.15) is 24.0 Å². The first-order chi connectivity index (χ1) is 15.9. The third kappa shape index (κ3) is 4.31. The minimum Gasteiger partial charge on any atom is -0.390 e. The summed E-state index contributed by atoms with van der Waals surface area (Å²) in [5.41, 5.74) is 4.72. The Bertz CT molecular complexity index is 1240. The van der Waals surface area contributed by atoms with Gasteiger partial charge in [-0.2, -0.15) is 12.8 Å². The van der Waals surface area contributed by atoms with Gasteiger partial charge in [-0.1, -0.05) is 48.0 Å². The Morgan fingerprint density at radius 3 is 2.06 bits per heavy atom. The highest BCUT2D eigenvalue weighted by Crippen LogP contribution is 2.42. The Morgan fingerprint density at radius 1 is 0.879 bits per heavy atom. The molecule has 1 N–H and O–H groups in total. The van der Waals surface area contributed by atoms with Crippen molar-refractivity contribution in [3.8, 4) is 0 Å². The highest BCUT2D eigenvalue weighted by atomic mass is 35.5. The second-order valence-corrected chi connectivity index (χ2v) is 10.7. The van der Waals surface area contributed by atoms with Gasteiger partial charge in [0, 0.05) is 28.5 Å². The fraction of sp³-hybridized carbons (Fsp3) is 0.269. The highest BCUT2D eigenvalue weighted by molar-refractivity contribution is 7.90. The molecule has 0 radical (unpaired) electrons. The summed E-state index contributed by atoms with van der Waals surface area (Å²) in [6.45, 7) is 0. The Balaban J connectivity index is 1.44. The van der Waals surface area contributed by atoms with E-state index in [2.05, 4.69) is 45.7 Å². The lowest BCUT2D eigenvalue weighted by atomic mass is 10.0. The molecule has 3 atom stereocenters. The van der Waals surface area contributed by atoms with Crippen molar-refractivity contribution in [2.24, 2.45) is 10.3 Å². The van der Waals surface area contributed by atoms with Crippen LogP contribution in [0.25, 0.3) is 0 Å². The van der Waals surface area contributed by atoms with Crippen LogP contribution in [0.4, 0.5) is 11.4 Å². The molecule has 2 aliphatic rings. The number of sulfonamides is 1. The van der Waals surface area contributed by atoms with Crippen LogP contribution in [-0.2, 0) is 22.9 Å². The van der Waals surface area contributed by atoms with Gasteiger partial charge < -0.3 is 10.0 Å². The van der Waals surface area contributed by atoms with Gasteiger partial charge in [0.05, 0.1) is 17.0 Å². The minimum atomic E-state index is -3.85. The fourth-order valence-corrected chi connectivity index (χ4v) is 5.98. The second kappa shape index (κ2) is 8.93. The standard InChI is InChI=1S/C26H25ClN2O3S/c27-21-12-14-22(15-13-21)33(31,32)28-17-20-11-16-25(26(20)30)29-23-7-3-1-5-18(23)9-10-19-6-2-4-8-24(19)29/h1-8,12-15,17,20,25-26,30H,9-11,16H2/b28-17-/t20?,25?,26-/m0/s1. The number of hydrogen-bond acceptors (Lipinski definition) is 4. The topological polar surface area (TPSA) is 70.0 Å². The van der Waals surface area contributed by atoms with E-state index in [1.165, 1.54) is 41.6 Å². The summed E-state index contributed by atoms with van der Waals surface area (Å²) in [5, 5.41) is 11.8. The number of para-hydroxylation sites is 2. The van der Waals surface area contributed by atoms with Crippen LogP contribution in [-0.4, -0.2) is 31.9 Å². The molecule has 3 aromatic carbocycles. The molecule has 1 aliphatic carbocycles. The average molecular weight is 481 g/mol. The summed E-state index contributed by atoms with van der Waals surface area (Å²) in [4.78, 5) is 2.34. The first-order valence-corrected chi connectivity index (χ1v) is 12.9. The molecule has 0 aromatic heterocycles. The summed E-state index contributed by atoms with van der Waals surface area (Å²) in [7, 11) is -3.85. The lowest BCUT2D eigenvalue weighted by Crippen LogP contribution is -2.40. The molecule has 1 fully saturated rings. The van der Waals surface area contributed by atoms with Gasteiger partial charge in [0.2, 0.25) is 0 Å². The lowest BCUT2D eigenvalue weighted by Gasteiger charge is -2.35. The first-order valence-electron chi connectivity index (χ1n) is 11.1. The number of anilines is 2. The predicted octanol–water partition coefficient (Wildman–Crippen LogP) is 5.18. The summed E-state index contributed by atoms with van der Waals surface area (Å²) in [6.07, 6.45) is 3.94. The normalized spacial score (nSPS) is 22.7. The Kier molecular flexibility index (Phi) is 5.99. The van der Waals surface area contributed by atoms with Crippen LogP contribution in [0.3, 0.4) is 0 Å². The molecular weight excluding hydrogens is 456 g/mol. The summed E-state index contributed by atoms with van der Waals surface area (Å²) in [6, 6.07) is 22.4. The van der Waals surface area contributed by atoms with E-state index < -0.39 is 16.1 Å². The number of fused-ring (bicyclic) bond motifs is 2. The van der Waals surface area contributed by atoms with Gasteiger partial charge in [-0.05, 0) is 73.2 Å². The number of aryl methyl sites for hydroxylation is 2. The Morgan fingerprint density at radius 2 is 1.45 bits per heavy atom. The van der Waals surface area contributed by atoms with Crippen molar-refractivity contribution >= 4 is 39.2 Å². The molecule has 3 aromatic rings. The van der Waals surface area contributed by atoms with Crippen LogP contribution in [0.15, 0.2) is 82.1 Å². The van der Waals surface area contributed by atoms with E-state index in [1.807, 2.05) is 12.1 Å². The molecule has 5 rings (SSSR count). The lowest BCUT2D eigenvalue weighted by molar-refractivity contribution is 0.145. The van der Waals surface area contributed by atoms with Gasteiger partial charge in [-0.3, -0.25) is 0 Å². The monoisotopic (exact) mass is 480 g/mol. The zero-order chi connectivity index (χ0) is 23.0. The molecule has 0 spiro atoms. The van der Waals surface area contributed by atoms with Crippen LogP contribution >= 0.6 is 11.6 Å². The molecule has 1 aliphatic heterocycles. The van der Waals surface area contributed by atoms with Crippen molar-refractivity contribution in [3.05, 3.63) is 88.9 Å². The van der Waals surface area contributed by atoms with Crippen LogP contribution in [0.2, 0.25) is 5.02 Å². The Hall–Kier alpha value is -2.67. The van der Waals surface area contributed by atoms with E-state index in [0.717, 1.165) is 30.6 Å². The fourth-order valence-electron chi connectivity index (χ4n) is 4.93. The number of benzene rings is 3. The number of rotatable bonds is 4. The van der Waals surface area contributed by atoms with E-state index in [-0.39, 0.29) is 16.9 Å². The van der Waals surface area contributed by atoms with E-state index in [9.17, 15) is 13.5 Å². The third-order valence-corrected chi connectivity index (χ3v) is 8.15. The van der Waals surface area contributed by atoms with Crippen molar-refractivity contribution < 1.29 is 13.5 Å². The van der Waals surface area contributed by atoms with Crippen LogP contribution < -0.4 is 4.90 Å². The van der Waals surface area contributed by atoms with Gasteiger partial charge in [-0.15, -0.1) is 0 Å². The summed E-state index contributed by atoms with van der Waals surface area (Å²) < 4.78 is 29.2. The maximum atomic E-state index is 12.6. The summed E-state index contributed by atoms with van der Waals surface area (Å²) in [5.74, 6) is -0.348. The van der Waals surface area contributed by atoms with E-state index >= 15 is 0 Å². The first kappa shape index (κ1) is 22.1. The quantitative estimate of drug-likeness (QED) is 0.522. The molecule has 33 heavy (non-hydrogen) atoms. The average Bonchev–Trinajstić information content (AvgIpc) is 3.09. The largest absolute Gasteiger partial charge is 0.390 e. The zero-order valence-electron chi connectivity index (χ0n) is 18.0. The molecule has 1 heterocycles. The number of hydrogen-bond donors (Lipinski definition) is 1. The number of aliphatic hydroxyl groups excluding tert-OH is 1. The van der Waals surface area contributed by atoms with Crippen molar-refractivity contribution in [2.75, 3.05) is 4.90 Å². The molecule has 0 amide bonds. The molecular formula is C26H25ClN2O3S. The molecule has 5 nitrogen and oxygen atoms in total. The number of halogens is 1. The summed E-state index contributed by atoms with van der Waals surface area (Å²) >= 11 is 5.86. The Labute approximate surface area is 199 Å². The number of nitrogens with zero attached hydrogens (tertiary/aromatic N) is 2. The van der Waals surface area contributed by atoms with Gasteiger partial charge in [0.1, 0.15) is 0 Å². The van der Waals surface area contributed by atoms with Gasteiger partial charge in [0.15, 0.2) is 0 Å². The molecule has 1 saturated carbocycles. The molecule has 2 unspecified atom stereocenters. The second-order valence-electron chi connectivity index (χ2n) is 8.61. The minimum absolute atomic E-state index is 0.0857. The van der Waals surface area contributed by atoms with Crippen LogP contribution in [0, 0.1) is 5.92 Å². The van der Waals surface area contributed by atoms with Gasteiger partial charge in [0.25, 0.3) is 10.0 Å². The molecule has 170 valence electrons. The maximum Gasteiger partial charge on any atom is 0.281 e. The molecule has 0 saturated heterocycles. The van der Waals surface area contributed by atoms with E-state index in [4.69, 9.17) is 11.6 Å². The van der Waals surface area contributed by atoms with Crippen molar-refractivity contribution in [1.29, 1.82) is 0 Å². The van der Waals surface area contributed by atoms with Gasteiger partial charge in [-0.25, -0.2) is 0 Å². The van der Waals surface area contributed by atoms with Gasteiger partial charge >= 0.3 is 0 Å². The highest BCUT2D eigenvalue weighted by Gasteiger charge is 2.40. The smallest absolute Gasteiger partial charge is 0.281 e. The number of aliphatic hydroxyl groups is 1. The third-order valence-electron chi connectivity index (χ3n) is 6.63. The van der Waals surface area contributed by atoms with E-state index in [1.54, 1.807) is 0 Å². The SMILES string of the molecule is O=S(=O)(/N=C\C1CCC(N2c3ccccc3CCc3ccccc32)[C@H]1O)c1ccc(Cl)cc1. The van der Waals surface area contributed by atoms with Crippen molar-refractivity contribution in [1.82, 2.24) is 0 Å². The molecule has 7 heteroatoms. The predicted molar refractivity (Wildman–Crippen MR) is 132 cm³/mol. The maximum absolute atomic E-state index is 12.6. The van der Waals surface area contributed by atoms with Crippen molar-refractivity contribution in [3.63, 3.8) is 0 Å². The molecule has 0 bridgehead atoms. The van der Waals surface area contributed by atoms with Crippen LogP contribution in [0.5, 0.6) is 0 Å². The zero-order valence-corrected chi connectivity index (χ0v) is 19.6. The van der Waals surface area contributed by atoms with E-state index in [0.29, 0.717) is 11.4 Å².